The fraction of sp³-hybridized carbons (Fsp3) is 0.143. The van der Waals surface area contributed by atoms with Crippen molar-refractivity contribution in [2.75, 3.05) is 5.32 Å². The third-order valence-electron chi connectivity index (χ3n) is 1.66. The molecule has 0 aliphatic carbocycles. The van der Waals surface area contributed by atoms with E-state index in [9.17, 15) is 9.59 Å². The largest absolute Gasteiger partial charge is 0.349 e. The van der Waals surface area contributed by atoms with Gasteiger partial charge in [-0.05, 0) is 6.92 Å². The van der Waals surface area contributed by atoms with Crippen molar-refractivity contribution in [3.63, 3.8) is 0 Å². The van der Waals surface area contributed by atoms with Crippen LogP contribution in [0.1, 0.15) is 5.82 Å². The molecule has 2 aromatic rings. The van der Waals surface area contributed by atoms with Gasteiger partial charge in [-0.25, -0.2) is 9.78 Å². The zero-order valence-electron chi connectivity index (χ0n) is 7.31. The van der Waals surface area contributed by atoms with Gasteiger partial charge in [-0.2, -0.15) is 4.52 Å². The number of aromatic amines is 1. The number of carbonyl (C=O) groups is 1. The molecule has 0 unspecified atom stereocenters. The number of anilines is 1. The number of H-pyrrole nitrogens is 1. The van der Waals surface area contributed by atoms with E-state index in [4.69, 9.17) is 0 Å². The summed E-state index contributed by atoms with van der Waals surface area (Å²) in [7, 11) is 0. The Kier molecular flexibility index (Phi) is 1.77. The van der Waals surface area contributed by atoms with Crippen molar-refractivity contribution < 1.29 is 4.79 Å². The Morgan fingerprint density at radius 3 is 3.14 bits per heavy atom. The molecule has 2 heterocycles. The molecule has 0 radical (unpaired) electrons. The Bertz CT molecular complexity index is 540. The van der Waals surface area contributed by atoms with E-state index in [2.05, 4.69) is 20.4 Å². The molecular weight excluding hydrogens is 186 g/mol. The summed E-state index contributed by atoms with van der Waals surface area (Å²) in [5, 5.41) is 6.19. The molecule has 2 N–H and O–H groups in total. The zero-order valence-corrected chi connectivity index (χ0v) is 7.31. The number of hydrogen-bond acceptors (Lipinski definition) is 4. The topological polar surface area (TPSA) is 92.1 Å². The highest BCUT2D eigenvalue weighted by Gasteiger charge is 2.04. The number of hydrogen-bond donors (Lipinski definition) is 2. The average molecular weight is 193 g/mol. The minimum atomic E-state index is -0.438. The number of nitrogens with zero attached hydrogens (tertiary/aromatic N) is 3. The van der Waals surface area contributed by atoms with Crippen molar-refractivity contribution in [1.82, 2.24) is 19.6 Å². The second-order valence-electron chi connectivity index (χ2n) is 2.68. The minimum absolute atomic E-state index is 0.296. The highest BCUT2D eigenvalue weighted by Crippen LogP contribution is 2.02. The standard InChI is InChI=1S/C7H7N5O2/c1-4-9-6-2-5(8-3-13)10-7(14)12(6)11-4/h2-3H,1H3,(H,8,13)(H,10,14). The van der Waals surface area contributed by atoms with Crippen LogP contribution in [-0.4, -0.2) is 26.0 Å². The van der Waals surface area contributed by atoms with E-state index in [1.807, 2.05) is 0 Å². The molecule has 0 atom stereocenters. The molecule has 2 aromatic heterocycles. The van der Waals surface area contributed by atoms with Gasteiger partial charge in [-0.1, -0.05) is 0 Å². The van der Waals surface area contributed by atoms with Gasteiger partial charge in [-0.15, -0.1) is 5.10 Å². The van der Waals surface area contributed by atoms with Crippen LogP contribution in [0.4, 0.5) is 5.82 Å². The Labute approximate surface area is 77.8 Å². The first-order valence-corrected chi connectivity index (χ1v) is 3.87. The van der Waals surface area contributed by atoms with E-state index >= 15 is 0 Å². The molecule has 0 aliphatic heterocycles. The average Bonchev–Trinajstić information content (AvgIpc) is 2.47. The highest BCUT2D eigenvalue weighted by molar-refractivity contribution is 5.70. The van der Waals surface area contributed by atoms with Crippen LogP contribution in [0.2, 0.25) is 0 Å². The maximum atomic E-state index is 11.3. The molecule has 1 amide bonds. The molecule has 0 spiro atoms. The quantitative estimate of drug-likeness (QED) is 0.616. The van der Waals surface area contributed by atoms with Crippen LogP contribution < -0.4 is 11.0 Å². The minimum Gasteiger partial charge on any atom is -0.315 e. The fourth-order valence-electron chi connectivity index (χ4n) is 1.15. The lowest BCUT2D eigenvalue weighted by molar-refractivity contribution is -0.105. The second-order valence-corrected chi connectivity index (χ2v) is 2.68. The lowest BCUT2D eigenvalue weighted by Gasteiger charge is -1.96. The normalized spacial score (nSPS) is 10.4. The molecule has 14 heavy (non-hydrogen) atoms. The number of rotatable bonds is 2. The molecule has 0 saturated heterocycles. The van der Waals surface area contributed by atoms with Crippen molar-refractivity contribution in [2.45, 2.75) is 6.92 Å². The summed E-state index contributed by atoms with van der Waals surface area (Å²) in [5.74, 6) is 0.795. The number of amides is 1. The molecule has 0 bridgehead atoms. The van der Waals surface area contributed by atoms with Crippen LogP contribution in [-0.2, 0) is 4.79 Å². The summed E-state index contributed by atoms with van der Waals surface area (Å²) in [5.41, 5.74) is -0.0388. The van der Waals surface area contributed by atoms with E-state index in [1.165, 1.54) is 6.07 Å². The number of fused-ring (bicyclic) bond motifs is 1. The summed E-state index contributed by atoms with van der Waals surface area (Å²) in [6, 6.07) is 1.52. The summed E-state index contributed by atoms with van der Waals surface area (Å²) in [6.07, 6.45) is 0.477. The van der Waals surface area contributed by atoms with E-state index in [-0.39, 0.29) is 0 Å². The Hall–Kier alpha value is -2.18. The summed E-state index contributed by atoms with van der Waals surface area (Å²) < 4.78 is 1.13. The van der Waals surface area contributed by atoms with Gasteiger partial charge in [0.1, 0.15) is 11.6 Å². The molecule has 7 heteroatoms. The van der Waals surface area contributed by atoms with Crippen LogP contribution in [0.5, 0.6) is 0 Å². The first-order chi connectivity index (χ1) is 6.70. The molecule has 2 rings (SSSR count). The summed E-state index contributed by atoms with van der Waals surface area (Å²) >= 11 is 0. The predicted molar refractivity (Wildman–Crippen MR) is 48.0 cm³/mol. The van der Waals surface area contributed by atoms with Crippen LogP contribution in [0, 0.1) is 6.92 Å². The lowest BCUT2D eigenvalue weighted by Crippen LogP contribution is -2.18. The van der Waals surface area contributed by atoms with Crippen molar-refractivity contribution in [2.24, 2.45) is 0 Å². The van der Waals surface area contributed by atoms with Gasteiger partial charge in [-0.3, -0.25) is 9.78 Å². The molecule has 0 aliphatic rings. The van der Waals surface area contributed by atoms with Crippen LogP contribution in [0.15, 0.2) is 10.9 Å². The third kappa shape index (κ3) is 1.24. The first kappa shape index (κ1) is 8.42. The SMILES string of the molecule is Cc1nc2cc(NC=O)[nH]c(=O)n2n1. The third-order valence-corrected chi connectivity index (χ3v) is 1.66. The van der Waals surface area contributed by atoms with Gasteiger partial charge in [0.15, 0.2) is 5.65 Å². The van der Waals surface area contributed by atoms with E-state index in [0.717, 1.165) is 4.52 Å². The van der Waals surface area contributed by atoms with Crippen molar-refractivity contribution in [3.8, 4) is 0 Å². The summed E-state index contributed by atoms with van der Waals surface area (Å²) in [6.45, 7) is 1.68. The molecule has 7 nitrogen and oxygen atoms in total. The van der Waals surface area contributed by atoms with Crippen molar-refractivity contribution >= 4 is 17.9 Å². The number of aryl methyl sites for hydroxylation is 1. The summed E-state index contributed by atoms with van der Waals surface area (Å²) in [4.78, 5) is 27.9. The number of carbonyl (C=O) groups excluding carboxylic acids is 1. The van der Waals surface area contributed by atoms with Crippen molar-refractivity contribution in [1.29, 1.82) is 0 Å². The smallest absolute Gasteiger partial charge is 0.315 e. The van der Waals surface area contributed by atoms with Gasteiger partial charge >= 0.3 is 5.69 Å². The second kappa shape index (κ2) is 2.95. The van der Waals surface area contributed by atoms with Gasteiger partial charge in [0.05, 0.1) is 0 Å². The van der Waals surface area contributed by atoms with Gasteiger partial charge < -0.3 is 5.32 Å². The first-order valence-electron chi connectivity index (χ1n) is 3.87. The van der Waals surface area contributed by atoms with Gasteiger partial charge in [0, 0.05) is 6.07 Å². The number of aromatic nitrogens is 4. The highest BCUT2D eigenvalue weighted by atomic mass is 16.1. The monoisotopic (exact) mass is 193 g/mol. The van der Waals surface area contributed by atoms with E-state index < -0.39 is 5.69 Å². The maximum Gasteiger partial charge on any atom is 0.349 e. The lowest BCUT2D eigenvalue weighted by atomic mass is 10.5. The van der Waals surface area contributed by atoms with Gasteiger partial charge in [0.25, 0.3) is 0 Å². The fourth-order valence-corrected chi connectivity index (χ4v) is 1.15. The van der Waals surface area contributed by atoms with Crippen molar-refractivity contribution in [3.05, 3.63) is 22.4 Å². The molecular formula is C7H7N5O2. The number of nitrogens with one attached hydrogen (secondary N) is 2. The van der Waals surface area contributed by atoms with Crippen LogP contribution in [0.25, 0.3) is 5.65 Å². The van der Waals surface area contributed by atoms with E-state index in [0.29, 0.717) is 23.7 Å². The zero-order chi connectivity index (χ0) is 10.1. The molecule has 0 aromatic carbocycles. The van der Waals surface area contributed by atoms with E-state index in [1.54, 1.807) is 6.92 Å². The molecule has 0 saturated carbocycles. The van der Waals surface area contributed by atoms with Gasteiger partial charge in [0.2, 0.25) is 6.41 Å². The Balaban J connectivity index is 2.71. The Morgan fingerprint density at radius 2 is 2.43 bits per heavy atom. The molecule has 72 valence electrons. The predicted octanol–water partition coefficient (Wildman–Crippen LogP) is -0.706. The van der Waals surface area contributed by atoms with Crippen LogP contribution >= 0.6 is 0 Å². The molecule has 0 fully saturated rings. The van der Waals surface area contributed by atoms with Crippen LogP contribution in [0.3, 0.4) is 0 Å². The maximum absolute atomic E-state index is 11.3. The Morgan fingerprint density at radius 1 is 1.64 bits per heavy atom.